The van der Waals surface area contributed by atoms with Gasteiger partial charge < -0.3 is 9.32 Å². The average Bonchev–Trinajstić information content (AvgIpc) is 3.16. The van der Waals surface area contributed by atoms with Crippen LogP contribution in [0.3, 0.4) is 0 Å². The lowest BCUT2D eigenvalue weighted by Gasteiger charge is -2.34. The van der Waals surface area contributed by atoms with Crippen molar-refractivity contribution in [1.29, 1.82) is 0 Å². The molecule has 3 aromatic rings. The second-order valence-corrected chi connectivity index (χ2v) is 10.7. The molecule has 7 heteroatoms. The van der Waals surface area contributed by atoms with E-state index in [-0.39, 0.29) is 16.6 Å². The van der Waals surface area contributed by atoms with Crippen LogP contribution in [0, 0.1) is 11.8 Å². The van der Waals surface area contributed by atoms with Crippen LogP contribution in [0.15, 0.2) is 63.9 Å². The summed E-state index contributed by atoms with van der Waals surface area (Å²) in [6.07, 6.45) is 1.04. The first kappa shape index (κ1) is 21.6. The van der Waals surface area contributed by atoms with Gasteiger partial charge in [0.05, 0.1) is 4.90 Å². The van der Waals surface area contributed by atoms with Crippen LogP contribution in [0.1, 0.15) is 36.4 Å². The highest BCUT2D eigenvalue weighted by Crippen LogP contribution is 2.29. The van der Waals surface area contributed by atoms with Gasteiger partial charge in [-0.3, -0.25) is 4.79 Å². The molecule has 2 aromatic carbocycles. The lowest BCUT2D eigenvalue weighted by molar-refractivity contribution is 0.0756. The van der Waals surface area contributed by atoms with Crippen LogP contribution in [0.25, 0.3) is 11.0 Å². The minimum atomic E-state index is -3.59. The third kappa shape index (κ3) is 4.52. The first-order valence-corrected chi connectivity index (χ1v) is 12.0. The van der Waals surface area contributed by atoms with Gasteiger partial charge in [0.15, 0.2) is 5.76 Å². The highest BCUT2D eigenvalue weighted by Gasteiger charge is 2.32. The molecule has 1 aromatic heterocycles. The SMILES string of the molecule is CC1CC(C)CN(S(=O)(=O)c2ccc3oc(C(=O)N(C)Cc4ccccc4)cc3c2)C1. The van der Waals surface area contributed by atoms with E-state index in [0.29, 0.717) is 42.4 Å². The molecule has 4 rings (SSSR count). The van der Waals surface area contributed by atoms with E-state index in [1.165, 1.54) is 0 Å². The molecule has 2 atom stereocenters. The Morgan fingerprint density at radius 1 is 1.06 bits per heavy atom. The standard InChI is InChI=1S/C24H28N2O4S/c1-17-11-18(2)15-26(14-17)31(28,29)21-9-10-22-20(12-21)13-23(30-22)24(27)25(3)16-19-7-5-4-6-8-19/h4-10,12-13,17-18H,11,14-16H2,1-3H3. The van der Waals surface area contributed by atoms with Crippen molar-refractivity contribution in [2.75, 3.05) is 20.1 Å². The molecule has 1 aliphatic rings. The van der Waals surface area contributed by atoms with E-state index >= 15 is 0 Å². The van der Waals surface area contributed by atoms with Crippen molar-refractivity contribution in [1.82, 2.24) is 9.21 Å². The summed E-state index contributed by atoms with van der Waals surface area (Å²) < 4.78 is 33.7. The van der Waals surface area contributed by atoms with Crippen LogP contribution in [-0.4, -0.2) is 43.7 Å². The van der Waals surface area contributed by atoms with Gasteiger partial charge in [-0.25, -0.2) is 8.42 Å². The third-order valence-corrected chi connectivity index (χ3v) is 7.61. The first-order chi connectivity index (χ1) is 14.7. The molecule has 0 aliphatic carbocycles. The summed E-state index contributed by atoms with van der Waals surface area (Å²) in [5, 5.41) is 0.607. The van der Waals surface area contributed by atoms with E-state index in [2.05, 4.69) is 13.8 Å². The molecule has 2 heterocycles. The summed E-state index contributed by atoms with van der Waals surface area (Å²) in [6.45, 7) is 5.69. The number of rotatable bonds is 5. The highest BCUT2D eigenvalue weighted by atomic mass is 32.2. The van der Waals surface area contributed by atoms with Crippen molar-refractivity contribution in [2.45, 2.75) is 31.7 Å². The maximum absolute atomic E-state index is 13.2. The van der Waals surface area contributed by atoms with E-state index < -0.39 is 10.0 Å². The van der Waals surface area contributed by atoms with Gasteiger partial charge in [0.1, 0.15) is 5.58 Å². The maximum atomic E-state index is 13.2. The molecule has 0 radical (unpaired) electrons. The molecule has 1 fully saturated rings. The molecule has 0 saturated carbocycles. The van der Waals surface area contributed by atoms with Crippen LogP contribution in [0.2, 0.25) is 0 Å². The number of fused-ring (bicyclic) bond motifs is 1. The van der Waals surface area contributed by atoms with E-state index in [9.17, 15) is 13.2 Å². The Labute approximate surface area is 183 Å². The summed E-state index contributed by atoms with van der Waals surface area (Å²) in [4.78, 5) is 14.6. The fourth-order valence-electron chi connectivity index (χ4n) is 4.36. The molecule has 1 saturated heterocycles. The molecular weight excluding hydrogens is 412 g/mol. The van der Waals surface area contributed by atoms with E-state index in [1.54, 1.807) is 40.5 Å². The topological polar surface area (TPSA) is 70.8 Å². The smallest absolute Gasteiger partial charge is 0.289 e. The molecule has 1 aliphatic heterocycles. The Kier molecular flexibility index (Phi) is 5.90. The fraction of sp³-hybridized carbons (Fsp3) is 0.375. The van der Waals surface area contributed by atoms with Crippen LogP contribution in [0.4, 0.5) is 0 Å². The normalized spacial score (nSPS) is 20.1. The number of carbonyl (C=O) groups excluding carboxylic acids is 1. The van der Waals surface area contributed by atoms with Crippen LogP contribution in [-0.2, 0) is 16.6 Å². The number of hydrogen-bond acceptors (Lipinski definition) is 4. The van der Waals surface area contributed by atoms with Gasteiger partial charge in [-0.1, -0.05) is 44.2 Å². The van der Waals surface area contributed by atoms with Gasteiger partial charge in [0, 0.05) is 32.1 Å². The van der Waals surface area contributed by atoms with Crippen molar-refractivity contribution >= 4 is 26.9 Å². The van der Waals surface area contributed by atoms with Crippen LogP contribution >= 0.6 is 0 Å². The number of sulfonamides is 1. The minimum absolute atomic E-state index is 0.197. The Hall–Kier alpha value is -2.64. The molecule has 0 bridgehead atoms. The summed E-state index contributed by atoms with van der Waals surface area (Å²) in [6, 6.07) is 16.1. The Morgan fingerprint density at radius 2 is 1.74 bits per heavy atom. The number of carbonyl (C=O) groups is 1. The van der Waals surface area contributed by atoms with Crippen molar-refractivity contribution in [3.63, 3.8) is 0 Å². The predicted octanol–water partition coefficient (Wildman–Crippen LogP) is 4.37. The number of furan rings is 1. The zero-order valence-electron chi connectivity index (χ0n) is 18.1. The van der Waals surface area contributed by atoms with Crippen molar-refractivity contribution in [3.8, 4) is 0 Å². The quantitative estimate of drug-likeness (QED) is 0.591. The minimum Gasteiger partial charge on any atom is -0.451 e. The Morgan fingerprint density at radius 3 is 2.42 bits per heavy atom. The molecule has 0 spiro atoms. The van der Waals surface area contributed by atoms with Crippen molar-refractivity contribution in [2.24, 2.45) is 11.8 Å². The maximum Gasteiger partial charge on any atom is 0.289 e. The summed E-state index contributed by atoms with van der Waals surface area (Å²) in [5.74, 6) is 0.618. The van der Waals surface area contributed by atoms with Gasteiger partial charge >= 0.3 is 0 Å². The van der Waals surface area contributed by atoms with E-state index in [4.69, 9.17) is 4.42 Å². The molecule has 31 heavy (non-hydrogen) atoms. The zero-order valence-corrected chi connectivity index (χ0v) is 18.9. The predicted molar refractivity (Wildman–Crippen MR) is 120 cm³/mol. The largest absolute Gasteiger partial charge is 0.451 e. The average molecular weight is 441 g/mol. The molecule has 164 valence electrons. The van der Waals surface area contributed by atoms with Crippen molar-refractivity contribution in [3.05, 3.63) is 65.9 Å². The Balaban J connectivity index is 1.57. The van der Waals surface area contributed by atoms with Crippen LogP contribution in [0.5, 0.6) is 0 Å². The van der Waals surface area contributed by atoms with Crippen molar-refractivity contribution < 1.29 is 17.6 Å². The molecule has 0 N–H and O–H groups in total. The second-order valence-electron chi connectivity index (χ2n) is 8.73. The van der Waals surface area contributed by atoms with Gasteiger partial charge in [-0.2, -0.15) is 4.31 Å². The van der Waals surface area contributed by atoms with Gasteiger partial charge in [-0.15, -0.1) is 0 Å². The summed E-state index contributed by atoms with van der Waals surface area (Å²) in [7, 11) is -1.87. The Bertz CT molecular complexity index is 1180. The number of piperidine rings is 1. The third-order valence-electron chi connectivity index (χ3n) is 5.78. The van der Waals surface area contributed by atoms with Gasteiger partial charge in [0.25, 0.3) is 5.91 Å². The summed E-state index contributed by atoms with van der Waals surface area (Å²) >= 11 is 0. The fourth-order valence-corrected chi connectivity index (χ4v) is 6.07. The van der Waals surface area contributed by atoms with Crippen LogP contribution < -0.4 is 0 Å². The molecule has 2 unspecified atom stereocenters. The number of amides is 1. The van der Waals surface area contributed by atoms with E-state index in [1.807, 2.05) is 30.3 Å². The summed E-state index contributed by atoms with van der Waals surface area (Å²) in [5.41, 5.74) is 1.52. The lowest BCUT2D eigenvalue weighted by atomic mass is 9.94. The van der Waals surface area contributed by atoms with Gasteiger partial charge in [0.2, 0.25) is 10.0 Å². The number of benzene rings is 2. The number of hydrogen-bond donors (Lipinski definition) is 0. The highest BCUT2D eigenvalue weighted by molar-refractivity contribution is 7.89. The van der Waals surface area contributed by atoms with E-state index in [0.717, 1.165) is 12.0 Å². The zero-order chi connectivity index (χ0) is 22.2. The van der Waals surface area contributed by atoms with Gasteiger partial charge in [-0.05, 0) is 48.1 Å². The first-order valence-electron chi connectivity index (χ1n) is 10.6. The molecular formula is C24H28N2O4S. The molecule has 6 nitrogen and oxygen atoms in total. The number of nitrogens with zero attached hydrogens (tertiary/aromatic N) is 2. The second kappa shape index (κ2) is 8.48. The molecule has 1 amide bonds. The monoisotopic (exact) mass is 440 g/mol. The lowest BCUT2D eigenvalue weighted by Crippen LogP contribution is -2.42.